The minimum absolute atomic E-state index is 0.448. The zero-order valence-electron chi connectivity index (χ0n) is 9.39. The second kappa shape index (κ2) is 4.03. The van der Waals surface area contributed by atoms with Gasteiger partial charge in [0.25, 0.3) is 0 Å². The van der Waals surface area contributed by atoms with Crippen LogP contribution in [0.4, 0.5) is 5.69 Å². The Kier molecular flexibility index (Phi) is 2.89. The topological polar surface area (TPSA) is 24.1 Å². The molecule has 0 aliphatic carbocycles. The lowest BCUT2D eigenvalue weighted by molar-refractivity contribution is 0.527. The van der Waals surface area contributed by atoms with Gasteiger partial charge in [0, 0.05) is 22.8 Å². The first-order valence-corrected chi connectivity index (χ1v) is 5.73. The molecule has 2 nitrogen and oxygen atoms in total. The number of hydrogen-bond acceptors (Lipinski definition) is 2. The molecule has 0 radical (unpaired) electrons. The van der Waals surface area contributed by atoms with Gasteiger partial charge in [-0.1, -0.05) is 17.7 Å². The van der Waals surface area contributed by atoms with Crippen LogP contribution in [0.15, 0.2) is 12.1 Å². The number of anilines is 1. The lowest BCUT2D eigenvalue weighted by Gasteiger charge is -2.19. The number of likely N-dealkylation sites (N-methyl/N-ethyl adjacent to an activating group) is 1. The van der Waals surface area contributed by atoms with Gasteiger partial charge in [-0.3, -0.25) is 0 Å². The van der Waals surface area contributed by atoms with Crippen molar-refractivity contribution in [2.24, 2.45) is 0 Å². The largest absolute Gasteiger partial charge is 0.380 e. The Morgan fingerprint density at radius 3 is 2.87 bits per heavy atom. The third kappa shape index (κ3) is 1.84. The van der Waals surface area contributed by atoms with Crippen LogP contribution in [0.3, 0.4) is 0 Å². The van der Waals surface area contributed by atoms with Crippen LogP contribution in [-0.2, 0) is 6.42 Å². The number of benzene rings is 1. The van der Waals surface area contributed by atoms with Gasteiger partial charge in [0.15, 0.2) is 0 Å². The minimum atomic E-state index is 0.448. The lowest BCUT2D eigenvalue weighted by atomic mass is 10.0. The summed E-state index contributed by atoms with van der Waals surface area (Å²) in [6, 6.07) is 4.96. The van der Waals surface area contributed by atoms with E-state index in [0.29, 0.717) is 12.1 Å². The smallest absolute Gasteiger partial charge is 0.0459 e. The molecule has 0 amide bonds. The van der Waals surface area contributed by atoms with Crippen LogP contribution < -0.4 is 10.6 Å². The molecule has 2 rings (SSSR count). The van der Waals surface area contributed by atoms with Crippen LogP contribution >= 0.6 is 11.6 Å². The maximum atomic E-state index is 6.19. The van der Waals surface area contributed by atoms with Gasteiger partial charge in [-0.2, -0.15) is 0 Å². The maximum absolute atomic E-state index is 6.19. The Balaban J connectivity index is 2.30. The molecule has 1 aliphatic heterocycles. The van der Waals surface area contributed by atoms with Crippen LogP contribution in [-0.4, -0.2) is 19.1 Å². The first-order chi connectivity index (χ1) is 7.13. The molecule has 0 saturated heterocycles. The zero-order valence-corrected chi connectivity index (χ0v) is 10.2. The number of halogens is 1. The minimum Gasteiger partial charge on any atom is -0.380 e. The van der Waals surface area contributed by atoms with Crippen molar-refractivity contribution in [2.45, 2.75) is 32.4 Å². The lowest BCUT2D eigenvalue weighted by Crippen LogP contribution is -2.38. The Morgan fingerprint density at radius 1 is 1.53 bits per heavy atom. The molecule has 0 spiro atoms. The molecule has 15 heavy (non-hydrogen) atoms. The maximum Gasteiger partial charge on any atom is 0.0459 e. The molecule has 0 bridgehead atoms. The first-order valence-electron chi connectivity index (χ1n) is 5.35. The Labute approximate surface area is 96.0 Å². The van der Waals surface area contributed by atoms with Crippen molar-refractivity contribution in [2.75, 3.05) is 12.4 Å². The quantitative estimate of drug-likeness (QED) is 0.807. The molecule has 1 aromatic rings. The highest BCUT2D eigenvalue weighted by Crippen LogP contribution is 2.35. The van der Waals surface area contributed by atoms with Gasteiger partial charge in [0.1, 0.15) is 0 Å². The fraction of sp³-hybridized carbons (Fsp3) is 0.500. The number of nitrogens with one attached hydrogen (secondary N) is 2. The van der Waals surface area contributed by atoms with Crippen molar-refractivity contribution >= 4 is 17.3 Å². The molecular formula is C12H17ClN2. The summed E-state index contributed by atoms with van der Waals surface area (Å²) in [6.07, 6.45) is 1.01. The van der Waals surface area contributed by atoms with E-state index in [9.17, 15) is 0 Å². The fourth-order valence-corrected chi connectivity index (χ4v) is 2.33. The highest BCUT2D eigenvalue weighted by molar-refractivity contribution is 6.31. The van der Waals surface area contributed by atoms with Crippen molar-refractivity contribution in [3.63, 3.8) is 0 Å². The SMILES string of the molecule is CNC(C)C1Cc2c(Cl)ccc(C)c2N1. The van der Waals surface area contributed by atoms with Gasteiger partial charge < -0.3 is 10.6 Å². The van der Waals surface area contributed by atoms with E-state index in [2.05, 4.69) is 30.5 Å². The van der Waals surface area contributed by atoms with Crippen molar-refractivity contribution in [3.8, 4) is 0 Å². The number of hydrogen-bond donors (Lipinski definition) is 2. The fourth-order valence-electron chi connectivity index (χ4n) is 2.10. The summed E-state index contributed by atoms with van der Waals surface area (Å²) in [5.74, 6) is 0. The van der Waals surface area contributed by atoms with Gasteiger partial charge in [-0.05, 0) is 44.5 Å². The van der Waals surface area contributed by atoms with Crippen molar-refractivity contribution in [3.05, 3.63) is 28.3 Å². The summed E-state index contributed by atoms with van der Waals surface area (Å²) in [5, 5.41) is 7.71. The summed E-state index contributed by atoms with van der Waals surface area (Å²) in [5.41, 5.74) is 3.78. The van der Waals surface area contributed by atoms with E-state index < -0.39 is 0 Å². The zero-order chi connectivity index (χ0) is 11.0. The molecule has 0 fully saturated rings. The molecule has 2 unspecified atom stereocenters. The van der Waals surface area contributed by atoms with Gasteiger partial charge in [0.05, 0.1) is 0 Å². The molecule has 3 heteroatoms. The number of fused-ring (bicyclic) bond motifs is 1. The molecule has 2 atom stereocenters. The van der Waals surface area contributed by atoms with E-state index in [-0.39, 0.29) is 0 Å². The monoisotopic (exact) mass is 224 g/mol. The van der Waals surface area contributed by atoms with Gasteiger partial charge >= 0.3 is 0 Å². The van der Waals surface area contributed by atoms with Crippen LogP contribution in [0.1, 0.15) is 18.1 Å². The summed E-state index contributed by atoms with van der Waals surface area (Å²) in [4.78, 5) is 0. The second-order valence-electron chi connectivity index (χ2n) is 4.25. The summed E-state index contributed by atoms with van der Waals surface area (Å²) >= 11 is 6.19. The Morgan fingerprint density at radius 2 is 2.27 bits per heavy atom. The number of aryl methyl sites for hydroxylation is 1. The van der Waals surface area contributed by atoms with Crippen LogP contribution in [0.2, 0.25) is 5.02 Å². The van der Waals surface area contributed by atoms with Crippen molar-refractivity contribution in [1.82, 2.24) is 5.32 Å². The standard InChI is InChI=1S/C12H17ClN2/c1-7-4-5-10(13)9-6-11(8(2)14-3)15-12(7)9/h4-5,8,11,14-15H,6H2,1-3H3. The average molecular weight is 225 g/mol. The Bertz CT molecular complexity index is 345. The van der Waals surface area contributed by atoms with Crippen LogP contribution in [0.5, 0.6) is 0 Å². The highest BCUT2D eigenvalue weighted by Gasteiger charge is 2.27. The molecule has 0 aromatic heterocycles. The van der Waals surface area contributed by atoms with E-state index in [1.165, 1.54) is 16.8 Å². The predicted molar refractivity (Wildman–Crippen MR) is 65.8 cm³/mol. The van der Waals surface area contributed by atoms with Crippen molar-refractivity contribution < 1.29 is 0 Å². The summed E-state index contributed by atoms with van der Waals surface area (Å²) in [6.45, 7) is 4.31. The Hall–Kier alpha value is -0.730. The summed E-state index contributed by atoms with van der Waals surface area (Å²) in [7, 11) is 1.99. The van der Waals surface area contributed by atoms with Gasteiger partial charge in [-0.15, -0.1) is 0 Å². The molecule has 82 valence electrons. The van der Waals surface area contributed by atoms with E-state index in [1.807, 2.05) is 13.1 Å². The first kappa shape index (κ1) is 10.8. The average Bonchev–Trinajstić information content (AvgIpc) is 2.68. The van der Waals surface area contributed by atoms with E-state index in [0.717, 1.165) is 11.4 Å². The molecule has 1 aromatic carbocycles. The normalized spacial score (nSPS) is 20.9. The summed E-state index contributed by atoms with van der Waals surface area (Å²) < 4.78 is 0. The van der Waals surface area contributed by atoms with Gasteiger partial charge in [-0.25, -0.2) is 0 Å². The molecule has 2 N–H and O–H groups in total. The third-order valence-electron chi connectivity index (χ3n) is 3.28. The molecule has 0 saturated carbocycles. The molecule has 1 heterocycles. The number of rotatable bonds is 2. The molecular weight excluding hydrogens is 208 g/mol. The van der Waals surface area contributed by atoms with Crippen LogP contribution in [0.25, 0.3) is 0 Å². The van der Waals surface area contributed by atoms with Gasteiger partial charge in [0.2, 0.25) is 0 Å². The van der Waals surface area contributed by atoms with Crippen LogP contribution in [0, 0.1) is 6.92 Å². The van der Waals surface area contributed by atoms with E-state index in [1.54, 1.807) is 0 Å². The van der Waals surface area contributed by atoms with E-state index >= 15 is 0 Å². The second-order valence-corrected chi connectivity index (χ2v) is 4.66. The van der Waals surface area contributed by atoms with Crippen molar-refractivity contribution in [1.29, 1.82) is 0 Å². The van der Waals surface area contributed by atoms with E-state index in [4.69, 9.17) is 11.6 Å². The molecule has 1 aliphatic rings. The third-order valence-corrected chi connectivity index (χ3v) is 3.63. The predicted octanol–water partition coefficient (Wildman–Crippen LogP) is 2.59. The highest BCUT2D eigenvalue weighted by atomic mass is 35.5.